The lowest BCUT2D eigenvalue weighted by Crippen LogP contribution is -2.11. The lowest BCUT2D eigenvalue weighted by Gasteiger charge is -2.13. The van der Waals surface area contributed by atoms with Gasteiger partial charge in [0.2, 0.25) is 6.23 Å². The minimum atomic E-state index is -1.11. The van der Waals surface area contributed by atoms with Gasteiger partial charge in [-0.25, -0.2) is 19.9 Å². The Morgan fingerprint density at radius 2 is 1.86 bits per heavy atom. The van der Waals surface area contributed by atoms with E-state index in [1.165, 1.54) is 0 Å². The van der Waals surface area contributed by atoms with Gasteiger partial charge in [-0.2, -0.15) is 0 Å². The Kier molecular flexibility index (Phi) is 5.53. The van der Waals surface area contributed by atoms with E-state index in [0.717, 1.165) is 29.6 Å². The maximum absolute atomic E-state index is 10.6. The first-order valence-electron chi connectivity index (χ1n) is 8.38. The lowest BCUT2D eigenvalue weighted by molar-refractivity contribution is -0.134. The van der Waals surface area contributed by atoms with Gasteiger partial charge in [0, 0.05) is 35.6 Å². The fourth-order valence-corrected chi connectivity index (χ4v) is 3.03. The van der Waals surface area contributed by atoms with Crippen molar-refractivity contribution in [3.05, 3.63) is 70.3 Å². The quantitative estimate of drug-likeness (QED) is 0.650. The van der Waals surface area contributed by atoms with Crippen molar-refractivity contribution < 1.29 is 15.0 Å². The number of aliphatic imine (C=N–C) groups is 1. The van der Waals surface area contributed by atoms with Gasteiger partial charge in [-0.1, -0.05) is 11.6 Å². The van der Waals surface area contributed by atoms with Crippen molar-refractivity contribution in [1.29, 1.82) is 0 Å². The molecule has 2 aromatic heterocycles. The van der Waals surface area contributed by atoms with Gasteiger partial charge in [0.15, 0.2) is 11.6 Å². The number of carbonyl (C=O) groups is 1. The summed E-state index contributed by atoms with van der Waals surface area (Å²) in [7, 11) is 0. The van der Waals surface area contributed by atoms with Gasteiger partial charge >= 0.3 is 0 Å². The molecule has 0 saturated carbocycles. The maximum Gasteiger partial charge on any atom is 0.300 e. The predicted molar refractivity (Wildman–Crippen MR) is 104 cm³/mol. The highest BCUT2D eigenvalue weighted by molar-refractivity contribution is 6.31. The Balaban J connectivity index is 0.000000516. The molecule has 1 aromatic carbocycles. The minimum Gasteiger partial charge on any atom is -0.481 e. The largest absolute Gasteiger partial charge is 0.481 e. The number of hydrogen-bond acceptors (Lipinski definition) is 6. The standard InChI is InChI=1S/C17H14ClN5O.C2H4O2/c1-9-10(2)23-13-5-4-11(18)8-12(13)14(15-19-6-3-7-20-15)22-17(24)16(23)21-9;1-2(3)4/h3-8,17,24H,1-2H3;1H3,(H,3,4). The van der Waals surface area contributed by atoms with Crippen LogP contribution in [0.3, 0.4) is 0 Å². The Labute approximate surface area is 166 Å². The smallest absolute Gasteiger partial charge is 0.300 e. The molecule has 0 amide bonds. The normalized spacial score (nSPS) is 14.8. The van der Waals surface area contributed by atoms with Crippen LogP contribution in [0.15, 0.2) is 41.7 Å². The molecule has 28 heavy (non-hydrogen) atoms. The molecule has 9 heteroatoms. The zero-order valence-electron chi connectivity index (χ0n) is 15.5. The van der Waals surface area contributed by atoms with E-state index in [1.54, 1.807) is 24.5 Å². The van der Waals surface area contributed by atoms with Gasteiger partial charge in [-0.15, -0.1) is 0 Å². The van der Waals surface area contributed by atoms with Crippen molar-refractivity contribution in [1.82, 2.24) is 19.5 Å². The van der Waals surface area contributed by atoms with E-state index >= 15 is 0 Å². The monoisotopic (exact) mass is 399 g/mol. The van der Waals surface area contributed by atoms with Crippen LogP contribution in [0, 0.1) is 13.8 Å². The minimum absolute atomic E-state index is 0.431. The second-order valence-electron chi connectivity index (χ2n) is 6.08. The van der Waals surface area contributed by atoms with Crippen molar-refractivity contribution in [3.8, 4) is 5.69 Å². The number of rotatable bonds is 1. The molecule has 0 saturated heterocycles. The van der Waals surface area contributed by atoms with Crippen molar-refractivity contribution in [2.45, 2.75) is 27.0 Å². The number of aryl methyl sites for hydroxylation is 1. The molecule has 0 radical (unpaired) electrons. The number of aliphatic hydroxyl groups is 1. The van der Waals surface area contributed by atoms with E-state index in [-0.39, 0.29) is 0 Å². The molecule has 1 aliphatic rings. The fraction of sp³-hybridized carbons (Fsp3) is 0.211. The molecular formula is C19H18ClN5O3. The number of hydrogen-bond donors (Lipinski definition) is 2. The van der Waals surface area contributed by atoms with Crippen LogP contribution in [-0.4, -0.2) is 41.4 Å². The molecule has 0 fully saturated rings. The average molecular weight is 400 g/mol. The molecule has 1 aliphatic heterocycles. The van der Waals surface area contributed by atoms with Crippen LogP contribution in [-0.2, 0) is 4.79 Å². The second kappa shape index (κ2) is 7.87. The molecule has 144 valence electrons. The first-order valence-corrected chi connectivity index (χ1v) is 8.76. The van der Waals surface area contributed by atoms with Crippen molar-refractivity contribution in [3.63, 3.8) is 0 Å². The van der Waals surface area contributed by atoms with Crippen molar-refractivity contribution >= 4 is 23.3 Å². The van der Waals surface area contributed by atoms with Crippen LogP contribution in [0.4, 0.5) is 0 Å². The highest BCUT2D eigenvalue weighted by atomic mass is 35.5. The molecule has 3 aromatic rings. The summed E-state index contributed by atoms with van der Waals surface area (Å²) in [6.07, 6.45) is 2.17. The van der Waals surface area contributed by atoms with E-state index in [0.29, 0.717) is 22.4 Å². The maximum atomic E-state index is 10.6. The first kappa shape index (κ1) is 19.7. The van der Waals surface area contributed by atoms with Gasteiger partial charge in [0.1, 0.15) is 5.71 Å². The molecule has 0 aliphatic carbocycles. The van der Waals surface area contributed by atoms with Gasteiger partial charge in [0.05, 0.1) is 11.4 Å². The van der Waals surface area contributed by atoms with Gasteiger partial charge in [-0.3, -0.25) is 9.36 Å². The summed E-state index contributed by atoms with van der Waals surface area (Å²) in [6.45, 7) is 4.95. The van der Waals surface area contributed by atoms with Crippen molar-refractivity contribution in [2.75, 3.05) is 0 Å². The number of halogens is 1. The molecule has 1 unspecified atom stereocenters. The molecule has 3 heterocycles. The van der Waals surface area contributed by atoms with Crippen LogP contribution >= 0.6 is 11.6 Å². The number of benzene rings is 1. The summed E-state index contributed by atoms with van der Waals surface area (Å²) >= 11 is 6.21. The van der Waals surface area contributed by atoms with Crippen LogP contribution in [0.2, 0.25) is 5.02 Å². The number of aliphatic hydroxyl groups excluding tert-OH is 1. The number of aliphatic carboxylic acids is 1. The number of fused-ring (bicyclic) bond motifs is 3. The number of aromatic nitrogens is 4. The summed E-state index contributed by atoms with van der Waals surface area (Å²) in [5.74, 6) is 0.0692. The Bertz CT molecular complexity index is 1060. The Hall–Kier alpha value is -3.10. The first-order chi connectivity index (χ1) is 13.3. The van der Waals surface area contributed by atoms with Crippen LogP contribution < -0.4 is 0 Å². The van der Waals surface area contributed by atoms with Gasteiger partial charge in [-0.05, 0) is 38.1 Å². The number of carboxylic acid groups (broad SMARTS) is 1. The summed E-state index contributed by atoms with van der Waals surface area (Å²) in [4.78, 5) is 26.4. The molecule has 0 bridgehead atoms. The van der Waals surface area contributed by atoms with Crippen LogP contribution in [0.1, 0.15) is 41.8 Å². The predicted octanol–water partition coefficient (Wildman–Crippen LogP) is 2.87. The lowest BCUT2D eigenvalue weighted by atomic mass is 10.1. The highest BCUT2D eigenvalue weighted by Gasteiger charge is 2.28. The summed E-state index contributed by atoms with van der Waals surface area (Å²) in [5.41, 5.74) is 3.88. The average Bonchev–Trinajstić information content (AvgIpc) is 2.88. The number of nitrogens with zero attached hydrogens (tertiary/aromatic N) is 5. The number of imidazole rings is 1. The van der Waals surface area contributed by atoms with E-state index < -0.39 is 12.2 Å². The third-order valence-electron chi connectivity index (χ3n) is 4.08. The van der Waals surface area contributed by atoms with Crippen molar-refractivity contribution in [2.24, 2.45) is 4.99 Å². The third kappa shape index (κ3) is 3.78. The van der Waals surface area contributed by atoms with E-state index in [9.17, 15) is 5.11 Å². The zero-order chi connectivity index (χ0) is 20.4. The van der Waals surface area contributed by atoms with Gasteiger partial charge < -0.3 is 10.2 Å². The summed E-state index contributed by atoms with van der Waals surface area (Å²) in [6, 6.07) is 7.24. The van der Waals surface area contributed by atoms with E-state index in [4.69, 9.17) is 21.5 Å². The van der Waals surface area contributed by atoms with Crippen LogP contribution in [0.25, 0.3) is 5.69 Å². The molecule has 2 N–H and O–H groups in total. The SMILES string of the molecule is CC(=O)O.Cc1nc2n(c1C)-c1ccc(Cl)cc1C(c1ncccn1)=NC2O. The summed E-state index contributed by atoms with van der Waals surface area (Å²) in [5, 5.41) is 18.6. The molecule has 8 nitrogen and oxygen atoms in total. The fourth-order valence-electron chi connectivity index (χ4n) is 2.86. The molecular weight excluding hydrogens is 382 g/mol. The second-order valence-corrected chi connectivity index (χ2v) is 6.52. The zero-order valence-corrected chi connectivity index (χ0v) is 16.2. The topological polar surface area (TPSA) is 113 Å². The summed E-state index contributed by atoms with van der Waals surface area (Å²) < 4.78 is 1.91. The molecule has 1 atom stereocenters. The number of carboxylic acids is 1. The molecule has 4 rings (SSSR count). The third-order valence-corrected chi connectivity index (χ3v) is 4.32. The Morgan fingerprint density at radius 3 is 2.50 bits per heavy atom. The highest BCUT2D eigenvalue weighted by Crippen LogP contribution is 2.32. The molecule has 0 spiro atoms. The van der Waals surface area contributed by atoms with Crippen LogP contribution in [0.5, 0.6) is 0 Å². The van der Waals surface area contributed by atoms with E-state index in [2.05, 4.69) is 19.9 Å². The van der Waals surface area contributed by atoms with Gasteiger partial charge in [0.25, 0.3) is 5.97 Å². The Morgan fingerprint density at radius 1 is 1.21 bits per heavy atom. The van der Waals surface area contributed by atoms with E-state index in [1.807, 2.05) is 30.5 Å².